The summed E-state index contributed by atoms with van der Waals surface area (Å²) in [6.07, 6.45) is 6.91. The molecule has 2 aromatic heterocycles. The second-order valence-corrected chi connectivity index (χ2v) is 6.80. The van der Waals surface area contributed by atoms with Crippen molar-refractivity contribution in [2.24, 2.45) is 5.14 Å². The fourth-order valence-corrected chi connectivity index (χ4v) is 2.31. The van der Waals surface area contributed by atoms with Crippen LogP contribution >= 0.6 is 0 Å². The van der Waals surface area contributed by atoms with Crippen LogP contribution in [0, 0.1) is 0 Å². The molecule has 1 saturated carbocycles. The number of nitrogens with two attached hydrogens (primary N) is 1. The van der Waals surface area contributed by atoms with E-state index in [2.05, 4.69) is 25.5 Å². The predicted molar refractivity (Wildman–Crippen MR) is 89.2 cm³/mol. The number of hydrogen-bond donors (Lipinski definition) is 3. The van der Waals surface area contributed by atoms with Crippen LogP contribution in [0.15, 0.2) is 24.4 Å². The Morgan fingerprint density at radius 2 is 2.27 bits per heavy atom. The van der Waals surface area contributed by atoms with E-state index in [4.69, 9.17) is 5.14 Å². The van der Waals surface area contributed by atoms with Crippen LogP contribution in [0.1, 0.15) is 34.6 Å². The number of H-pyrrole nitrogens is 1. The normalized spacial score (nSPS) is 15.3. The number of aromatic nitrogens is 4. The Hall–Kier alpha value is -2.26. The summed E-state index contributed by atoms with van der Waals surface area (Å²) in [4.78, 5) is 8.30. The molecule has 0 aliphatic heterocycles. The third kappa shape index (κ3) is 4.12. The third-order valence-corrected chi connectivity index (χ3v) is 3.80. The zero-order valence-electron chi connectivity index (χ0n) is 11.7. The fourth-order valence-electron chi connectivity index (χ4n) is 1.95. The summed E-state index contributed by atoms with van der Waals surface area (Å²) in [6.45, 7) is 0. The standard InChI is InChI=1S/C13H16N6O2S.3H2/c14-22(20,21)7-1-2-11-15-6-5-12(16-11)17-13-8-10(18-19-13)9-3-4-9;;;/h1-2,5-6,8-9H,3-4,7H2,(H2,14,20,21)(H2,15,16,17,18,19);3*1H/b2-1+;;;. The molecular formula is C13H22N6O2S. The van der Waals surface area contributed by atoms with Gasteiger partial charge in [-0.05, 0) is 25.0 Å². The van der Waals surface area contributed by atoms with Crippen LogP contribution in [0.2, 0.25) is 0 Å². The molecule has 0 bridgehead atoms. The Kier molecular flexibility index (Phi) is 3.90. The van der Waals surface area contributed by atoms with Crippen molar-refractivity contribution in [2.45, 2.75) is 18.8 Å². The minimum Gasteiger partial charge on any atom is -0.323 e. The SMILES string of the molecule is NS(=O)(=O)C/C=C/c1nccc(Nc2cc(C3CC3)[nH]n2)n1.[HH].[HH].[HH]. The van der Waals surface area contributed by atoms with E-state index in [1.807, 2.05) is 6.07 Å². The van der Waals surface area contributed by atoms with Crippen LogP contribution in [-0.4, -0.2) is 34.3 Å². The smallest absolute Gasteiger partial charge is 0.212 e. The van der Waals surface area contributed by atoms with Crippen LogP contribution in [0.4, 0.5) is 11.6 Å². The molecule has 8 nitrogen and oxygen atoms in total. The first-order valence-electron chi connectivity index (χ1n) is 6.82. The average molecular weight is 326 g/mol. The van der Waals surface area contributed by atoms with Crippen molar-refractivity contribution >= 4 is 27.7 Å². The first-order valence-corrected chi connectivity index (χ1v) is 8.53. The second kappa shape index (κ2) is 5.85. The Morgan fingerprint density at radius 3 is 3.00 bits per heavy atom. The van der Waals surface area contributed by atoms with E-state index in [0.29, 0.717) is 23.4 Å². The molecule has 2 heterocycles. The van der Waals surface area contributed by atoms with Crippen molar-refractivity contribution in [3.8, 4) is 0 Å². The van der Waals surface area contributed by atoms with Crippen LogP contribution in [-0.2, 0) is 10.0 Å². The van der Waals surface area contributed by atoms with Gasteiger partial charge in [-0.1, -0.05) is 6.08 Å². The first-order chi connectivity index (χ1) is 10.5. The van der Waals surface area contributed by atoms with Gasteiger partial charge >= 0.3 is 0 Å². The van der Waals surface area contributed by atoms with Gasteiger partial charge in [-0.3, -0.25) is 5.10 Å². The number of nitrogens with zero attached hydrogens (tertiary/aromatic N) is 3. The van der Waals surface area contributed by atoms with E-state index < -0.39 is 10.0 Å². The third-order valence-electron chi connectivity index (χ3n) is 3.14. The second-order valence-electron chi connectivity index (χ2n) is 5.14. The molecule has 9 heteroatoms. The van der Waals surface area contributed by atoms with Crippen LogP contribution in [0.3, 0.4) is 0 Å². The Balaban J connectivity index is 0.00000192. The molecule has 0 saturated heterocycles. The van der Waals surface area contributed by atoms with Crippen molar-refractivity contribution in [2.75, 3.05) is 11.1 Å². The molecule has 0 atom stereocenters. The molecule has 0 amide bonds. The topological polar surface area (TPSA) is 127 Å². The molecule has 3 rings (SSSR count). The quantitative estimate of drug-likeness (QED) is 0.743. The number of sulfonamides is 1. The average Bonchev–Trinajstić information content (AvgIpc) is 3.19. The maximum absolute atomic E-state index is 10.9. The Labute approximate surface area is 132 Å². The van der Waals surface area contributed by atoms with Crippen molar-refractivity contribution in [1.29, 1.82) is 0 Å². The molecule has 4 N–H and O–H groups in total. The summed E-state index contributed by atoms with van der Waals surface area (Å²) in [5, 5.41) is 15.2. The number of anilines is 2. The largest absolute Gasteiger partial charge is 0.323 e. The van der Waals surface area contributed by atoms with Gasteiger partial charge in [0, 0.05) is 28.2 Å². The van der Waals surface area contributed by atoms with E-state index >= 15 is 0 Å². The van der Waals surface area contributed by atoms with Gasteiger partial charge in [0.25, 0.3) is 0 Å². The predicted octanol–water partition coefficient (Wildman–Crippen LogP) is 1.86. The summed E-state index contributed by atoms with van der Waals surface area (Å²) < 4.78 is 21.7. The van der Waals surface area contributed by atoms with E-state index in [1.54, 1.807) is 12.3 Å². The van der Waals surface area contributed by atoms with Gasteiger partial charge in [0.15, 0.2) is 11.6 Å². The molecule has 0 aromatic carbocycles. The molecule has 122 valence electrons. The lowest BCUT2D eigenvalue weighted by Crippen LogP contribution is -2.14. The summed E-state index contributed by atoms with van der Waals surface area (Å²) in [6, 6.07) is 3.68. The minimum atomic E-state index is -3.52. The molecule has 1 fully saturated rings. The Morgan fingerprint density at radius 1 is 1.45 bits per heavy atom. The summed E-state index contributed by atoms with van der Waals surface area (Å²) in [5.41, 5.74) is 1.13. The Bertz CT molecular complexity index is 808. The van der Waals surface area contributed by atoms with E-state index in [0.717, 1.165) is 5.69 Å². The molecular weight excluding hydrogens is 304 g/mol. The number of nitrogens with one attached hydrogen (secondary N) is 2. The van der Waals surface area contributed by atoms with Gasteiger partial charge in [0.2, 0.25) is 10.0 Å². The number of aromatic amines is 1. The summed E-state index contributed by atoms with van der Waals surface area (Å²) >= 11 is 0. The number of primary sulfonamides is 1. The van der Waals surface area contributed by atoms with Crippen molar-refractivity contribution in [1.82, 2.24) is 20.2 Å². The van der Waals surface area contributed by atoms with Crippen LogP contribution < -0.4 is 10.5 Å². The fraction of sp³-hybridized carbons (Fsp3) is 0.308. The van der Waals surface area contributed by atoms with Gasteiger partial charge in [-0.25, -0.2) is 23.5 Å². The van der Waals surface area contributed by atoms with Gasteiger partial charge in [0.1, 0.15) is 5.82 Å². The maximum Gasteiger partial charge on any atom is 0.212 e. The van der Waals surface area contributed by atoms with Crippen molar-refractivity contribution < 1.29 is 12.7 Å². The monoisotopic (exact) mass is 326 g/mol. The van der Waals surface area contributed by atoms with Crippen molar-refractivity contribution in [3.63, 3.8) is 0 Å². The summed E-state index contributed by atoms with van der Waals surface area (Å²) in [5.74, 6) is 2.02. The van der Waals surface area contributed by atoms with E-state index in [-0.39, 0.29) is 10.0 Å². The van der Waals surface area contributed by atoms with Gasteiger partial charge < -0.3 is 5.32 Å². The molecule has 0 spiro atoms. The zero-order chi connectivity index (χ0) is 15.6. The minimum absolute atomic E-state index is 0. The molecule has 22 heavy (non-hydrogen) atoms. The summed E-state index contributed by atoms with van der Waals surface area (Å²) in [7, 11) is -3.52. The van der Waals surface area contributed by atoms with Crippen molar-refractivity contribution in [3.05, 3.63) is 35.9 Å². The van der Waals surface area contributed by atoms with Gasteiger partial charge in [-0.2, -0.15) is 5.10 Å². The van der Waals surface area contributed by atoms with Crippen LogP contribution in [0.5, 0.6) is 0 Å². The van der Waals surface area contributed by atoms with Gasteiger partial charge in [-0.15, -0.1) is 0 Å². The van der Waals surface area contributed by atoms with Gasteiger partial charge in [0.05, 0.1) is 5.75 Å². The lowest BCUT2D eigenvalue weighted by Gasteiger charge is -2.01. The maximum atomic E-state index is 10.9. The molecule has 0 radical (unpaired) electrons. The highest BCUT2D eigenvalue weighted by Crippen LogP contribution is 2.39. The number of hydrogen-bond acceptors (Lipinski definition) is 6. The molecule has 1 aliphatic carbocycles. The lowest BCUT2D eigenvalue weighted by atomic mass is 10.3. The van der Waals surface area contributed by atoms with E-state index in [9.17, 15) is 8.42 Å². The highest BCUT2D eigenvalue weighted by molar-refractivity contribution is 7.89. The highest BCUT2D eigenvalue weighted by Gasteiger charge is 2.25. The molecule has 2 aromatic rings. The van der Waals surface area contributed by atoms with E-state index in [1.165, 1.54) is 25.0 Å². The zero-order valence-corrected chi connectivity index (χ0v) is 12.5. The molecule has 0 unspecified atom stereocenters. The lowest BCUT2D eigenvalue weighted by molar-refractivity contribution is 0.600. The number of rotatable bonds is 6. The van der Waals surface area contributed by atoms with Crippen LogP contribution in [0.25, 0.3) is 6.08 Å². The first kappa shape index (κ1) is 14.7. The highest BCUT2D eigenvalue weighted by atomic mass is 32.2. The molecule has 1 aliphatic rings.